The molecular formula is C32H31N5O2. The second-order valence-electron chi connectivity index (χ2n) is 10.1. The first-order chi connectivity index (χ1) is 19.1. The zero-order valence-corrected chi connectivity index (χ0v) is 21.9. The molecule has 1 aromatic heterocycles. The van der Waals surface area contributed by atoms with E-state index in [0.717, 1.165) is 54.6 Å². The molecule has 0 radical (unpaired) electrons. The average molecular weight is 518 g/mol. The lowest BCUT2D eigenvalue weighted by Crippen LogP contribution is -2.46. The number of rotatable bonds is 6. The molecule has 7 heteroatoms. The van der Waals surface area contributed by atoms with Crippen molar-refractivity contribution in [2.45, 2.75) is 18.9 Å². The van der Waals surface area contributed by atoms with Gasteiger partial charge in [0.1, 0.15) is 11.9 Å². The van der Waals surface area contributed by atoms with Gasteiger partial charge in [-0.25, -0.2) is 4.98 Å². The minimum Gasteiger partial charge on any atom is -0.368 e. The molecule has 3 aromatic rings. The van der Waals surface area contributed by atoms with Crippen molar-refractivity contribution in [1.82, 2.24) is 9.88 Å². The van der Waals surface area contributed by atoms with E-state index in [0.29, 0.717) is 5.69 Å². The zero-order chi connectivity index (χ0) is 26.8. The van der Waals surface area contributed by atoms with Crippen LogP contribution in [0, 0.1) is 6.92 Å². The van der Waals surface area contributed by atoms with Crippen LogP contribution in [0.4, 0.5) is 17.2 Å². The molecule has 0 bridgehead atoms. The number of allylic oxidation sites excluding steroid dienone is 3. The molecule has 0 spiro atoms. The molecule has 4 heterocycles. The van der Waals surface area contributed by atoms with Crippen molar-refractivity contribution in [2.75, 3.05) is 41.3 Å². The number of fused-ring (bicyclic) bond motifs is 1. The van der Waals surface area contributed by atoms with Crippen molar-refractivity contribution in [3.8, 4) is 0 Å². The molecular weight excluding hydrogens is 486 g/mol. The minimum absolute atomic E-state index is 0.206. The van der Waals surface area contributed by atoms with E-state index in [4.69, 9.17) is 0 Å². The highest BCUT2D eigenvalue weighted by atomic mass is 16.2. The average Bonchev–Trinajstić information content (AvgIpc) is 3.37. The molecule has 3 aliphatic heterocycles. The van der Waals surface area contributed by atoms with Gasteiger partial charge in [0, 0.05) is 61.1 Å². The van der Waals surface area contributed by atoms with Gasteiger partial charge in [0.25, 0.3) is 5.91 Å². The number of hydrogen-bond acceptors (Lipinski definition) is 6. The first-order valence-electron chi connectivity index (χ1n) is 13.4. The molecule has 1 N–H and O–H groups in total. The largest absolute Gasteiger partial charge is 0.368 e. The number of pyridine rings is 1. The molecule has 2 aromatic carbocycles. The Balaban J connectivity index is 1.10. The lowest BCUT2D eigenvalue weighted by atomic mass is 9.90. The number of benzene rings is 2. The van der Waals surface area contributed by atoms with Crippen molar-refractivity contribution >= 4 is 28.9 Å². The van der Waals surface area contributed by atoms with Crippen molar-refractivity contribution < 1.29 is 9.59 Å². The summed E-state index contributed by atoms with van der Waals surface area (Å²) >= 11 is 0. The molecule has 3 aliphatic rings. The van der Waals surface area contributed by atoms with E-state index in [-0.39, 0.29) is 5.92 Å². The third-order valence-corrected chi connectivity index (χ3v) is 7.56. The summed E-state index contributed by atoms with van der Waals surface area (Å²) in [5.74, 6) is -0.249. The lowest BCUT2D eigenvalue weighted by molar-refractivity contribution is -0.137. The number of anilines is 3. The maximum atomic E-state index is 13.5. The fourth-order valence-electron chi connectivity index (χ4n) is 5.54. The summed E-state index contributed by atoms with van der Waals surface area (Å²) in [4.78, 5) is 37.8. The second kappa shape index (κ2) is 10.6. The van der Waals surface area contributed by atoms with Gasteiger partial charge in [-0.05, 0) is 61.0 Å². The van der Waals surface area contributed by atoms with Gasteiger partial charge in [0.2, 0.25) is 5.78 Å². The summed E-state index contributed by atoms with van der Waals surface area (Å²) < 4.78 is 0. The highest BCUT2D eigenvalue weighted by Gasteiger charge is 2.41. The normalized spacial score (nSPS) is 20.0. The van der Waals surface area contributed by atoms with Gasteiger partial charge in [-0.2, -0.15) is 0 Å². The summed E-state index contributed by atoms with van der Waals surface area (Å²) in [6.07, 6.45) is 9.73. The van der Waals surface area contributed by atoms with Crippen LogP contribution in [-0.2, 0) is 9.59 Å². The number of amides is 1. The number of ketones is 1. The standard InChI is InChI=1S/C32H31N5O2/c1-23-8-7-12-29(33-23)36-20-18-35(19-21-36)26-15-13-25(14-16-26)34-32(39)31(38)30-28(24-9-3-2-4-10-24)22-27-11-5-6-17-37(27)30/h2-17,22,28,30H,18-21H2,1H3,(H,34,39). The summed E-state index contributed by atoms with van der Waals surface area (Å²) in [5, 5.41) is 2.83. The molecule has 39 heavy (non-hydrogen) atoms. The van der Waals surface area contributed by atoms with Crippen LogP contribution in [0.3, 0.4) is 0 Å². The molecule has 1 saturated heterocycles. The molecule has 7 nitrogen and oxygen atoms in total. The summed E-state index contributed by atoms with van der Waals surface area (Å²) in [6, 6.07) is 23.1. The van der Waals surface area contributed by atoms with Crippen LogP contribution in [-0.4, -0.2) is 53.8 Å². The monoisotopic (exact) mass is 517 g/mol. The summed E-state index contributed by atoms with van der Waals surface area (Å²) in [6.45, 7) is 5.57. The van der Waals surface area contributed by atoms with E-state index in [1.807, 2.05) is 103 Å². The van der Waals surface area contributed by atoms with E-state index in [1.165, 1.54) is 0 Å². The predicted octanol–water partition coefficient (Wildman–Crippen LogP) is 4.66. The number of aromatic nitrogens is 1. The minimum atomic E-state index is -0.623. The molecule has 2 atom stereocenters. The Morgan fingerprint density at radius 3 is 2.33 bits per heavy atom. The first kappa shape index (κ1) is 24.7. The van der Waals surface area contributed by atoms with Gasteiger partial charge in [-0.3, -0.25) is 9.59 Å². The maximum Gasteiger partial charge on any atom is 0.294 e. The third-order valence-electron chi connectivity index (χ3n) is 7.56. The third kappa shape index (κ3) is 5.08. The summed E-state index contributed by atoms with van der Waals surface area (Å²) in [5.41, 5.74) is 4.66. The Labute approximate surface area is 228 Å². The molecule has 1 fully saturated rings. The number of Topliss-reactive ketones (excluding diaryl/α,β-unsaturated/α-hetero) is 1. The van der Waals surface area contributed by atoms with Gasteiger partial charge in [-0.1, -0.05) is 48.6 Å². The number of nitrogens with zero attached hydrogens (tertiary/aromatic N) is 4. The molecule has 0 aliphatic carbocycles. The van der Waals surface area contributed by atoms with Gasteiger partial charge in [0.05, 0.1) is 0 Å². The topological polar surface area (TPSA) is 68.8 Å². The first-order valence-corrected chi connectivity index (χ1v) is 13.4. The van der Waals surface area contributed by atoms with E-state index in [2.05, 4.69) is 32.2 Å². The van der Waals surface area contributed by atoms with Crippen molar-refractivity contribution in [2.24, 2.45) is 0 Å². The highest BCUT2D eigenvalue weighted by Crippen LogP contribution is 2.37. The van der Waals surface area contributed by atoms with Crippen LogP contribution in [0.5, 0.6) is 0 Å². The quantitative estimate of drug-likeness (QED) is 0.480. The number of hydrogen-bond donors (Lipinski definition) is 1. The van der Waals surface area contributed by atoms with Crippen molar-refractivity contribution in [3.05, 3.63) is 120 Å². The van der Waals surface area contributed by atoms with E-state index >= 15 is 0 Å². The molecule has 196 valence electrons. The van der Waals surface area contributed by atoms with Gasteiger partial charge < -0.3 is 20.0 Å². The van der Waals surface area contributed by atoms with Gasteiger partial charge in [-0.15, -0.1) is 0 Å². The van der Waals surface area contributed by atoms with Crippen LogP contribution in [0.15, 0.2) is 109 Å². The Morgan fingerprint density at radius 1 is 0.846 bits per heavy atom. The van der Waals surface area contributed by atoms with Crippen molar-refractivity contribution in [1.29, 1.82) is 0 Å². The van der Waals surface area contributed by atoms with Crippen molar-refractivity contribution in [3.63, 3.8) is 0 Å². The number of carbonyl (C=O) groups is 2. The van der Waals surface area contributed by atoms with Gasteiger partial charge in [0.15, 0.2) is 0 Å². The van der Waals surface area contributed by atoms with Crippen LogP contribution >= 0.6 is 0 Å². The maximum absolute atomic E-state index is 13.5. The van der Waals surface area contributed by atoms with Crippen LogP contribution in [0.2, 0.25) is 0 Å². The fraction of sp³-hybridized carbons (Fsp3) is 0.219. The van der Waals surface area contributed by atoms with Crippen LogP contribution in [0.25, 0.3) is 0 Å². The summed E-state index contributed by atoms with van der Waals surface area (Å²) in [7, 11) is 0. The SMILES string of the molecule is Cc1cccc(N2CCN(c3ccc(NC(=O)C(=O)C4C(c5ccccc5)C=C5C=CC=CN54)cc3)CC2)n1. The molecule has 1 amide bonds. The Bertz CT molecular complexity index is 1450. The Kier molecular flexibility index (Phi) is 6.71. The predicted molar refractivity (Wildman–Crippen MR) is 155 cm³/mol. The zero-order valence-electron chi connectivity index (χ0n) is 21.9. The van der Waals surface area contributed by atoms with E-state index in [9.17, 15) is 9.59 Å². The molecule has 2 unspecified atom stereocenters. The van der Waals surface area contributed by atoms with E-state index < -0.39 is 17.7 Å². The number of piperazine rings is 1. The molecule has 0 saturated carbocycles. The number of aryl methyl sites for hydroxylation is 1. The van der Waals surface area contributed by atoms with Crippen LogP contribution < -0.4 is 15.1 Å². The number of carbonyl (C=O) groups excluding carboxylic acids is 2. The lowest BCUT2D eigenvalue weighted by Gasteiger charge is -2.36. The van der Waals surface area contributed by atoms with Gasteiger partial charge >= 0.3 is 0 Å². The Morgan fingerprint density at radius 2 is 1.59 bits per heavy atom. The highest BCUT2D eigenvalue weighted by molar-refractivity contribution is 6.42. The Hall–Kier alpha value is -4.65. The second-order valence-corrected chi connectivity index (χ2v) is 10.1. The van der Waals surface area contributed by atoms with Crippen LogP contribution in [0.1, 0.15) is 17.2 Å². The fourth-order valence-corrected chi connectivity index (χ4v) is 5.54. The smallest absolute Gasteiger partial charge is 0.294 e. The van der Waals surface area contributed by atoms with E-state index in [1.54, 1.807) is 0 Å². The molecule has 6 rings (SSSR count). The number of nitrogens with one attached hydrogen (secondary N) is 1.